The Morgan fingerprint density at radius 2 is 1.88 bits per heavy atom. The van der Waals surface area contributed by atoms with Crippen molar-refractivity contribution in [2.75, 3.05) is 20.0 Å². The lowest BCUT2D eigenvalue weighted by atomic mass is 10.0. The summed E-state index contributed by atoms with van der Waals surface area (Å²) in [7, 11) is 0. The van der Waals surface area contributed by atoms with Gasteiger partial charge in [-0.15, -0.1) is 0 Å². The van der Waals surface area contributed by atoms with Crippen LogP contribution >= 0.6 is 0 Å². The Hall–Kier alpha value is -1.51. The molecule has 0 aromatic heterocycles. The number of nitriles is 1. The quantitative estimate of drug-likeness (QED) is 0.792. The molecule has 0 saturated carbocycles. The van der Waals surface area contributed by atoms with Gasteiger partial charge in [0, 0.05) is 0 Å². The molecule has 92 valence electrons. The van der Waals surface area contributed by atoms with E-state index in [1.165, 1.54) is 0 Å². The smallest absolute Gasteiger partial charge is 0.164 e. The SMILES string of the molecule is N#CC(CF)(CF)NC(CO)c1ccccc1. The molecule has 1 atom stereocenters. The number of rotatable bonds is 6. The van der Waals surface area contributed by atoms with Gasteiger partial charge in [0.2, 0.25) is 0 Å². The maximum atomic E-state index is 12.7. The lowest BCUT2D eigenvalue weighted by molar-refractivity contribution is 0.179. The number of nitrogens with one attached hydrogen (secondary N) is 1. The van der Waals surface area contributed by atoms with Crippen LogP contribution in [0.25, 0.3) is 0 Å². The lowest BCUT2D eigenvalue weighted by Crippen LogP contribution is -2.50. The van der Waals surface area contributed by atoms with Crippen molar-refractivity contribution in [3.8, 4) is 6.07 Å². The number of hydrogen-bond donors (Lipinski definition) is 2. The first-order chi connectivity index (χ1) is 8.21. The van der Waals surface area contributed by atoms with Gasteiger partial charge in [-0.05, 0) is 5.56 Å². The molecular formula is C12H14F2N2O. The summed E-state index contributed by atoms with van der Waals surface area (Å²) in [5.41, 5.74) is -1.21. The van der Waals surface area contributed by atoms with Crippen molar-refractivity contribution in [3.05, 3.63) is 35.9 Å². The van der Waals surface area contributed by atoms with E-state index >= 15 is 0 Å². The minimum Gasteiger partial charge on any atom is -0.394 e. The van der Waals surface area contributed by atoms with Crippen molar-refractivity contribution in [3.63, 3.8) is 0 Å². The fourth-order valence-electron chi connectivity index (χ4n) is 1.46. The van der Waals surface area contributed by atoms with Gasteiger partial charge in [0.15, 0.2) is 5.54 Å². The summed E-state index contributed by atoms with van der Waals surface area (Å²) in [4.78, 5) is 0. The minimum absolute atomic E-state index is 0.340. The normalized spacial score (nSPS) is 13.1. The molecule has 1 aromatic rings. The summed E-state index contributed by atoms with van der Waals surface area (Å²) in [5.74, 6) is 0. The Kier molecular flexibility index (Phi) is 5.01. The van der Waals surface area contributed by atoms with Crippen molar-refractivity contribution in [1.82, 2.24) is 5.32 Å². The predicted molar refractivity (Wildman–Crippen MR) is 59.7 cm³/mol. The molecule has 1 unspecified atom stereocenters. The number of hydrogen-bond acceptors (Lipinski definition) is 3. The average Bonchev–Trinajstić information content (AvgIpc) is 2.42. The van der Waals surface area contributed by atoms with Gasteiger partial charge in [0.05, 0.1) is 18.7 Å². The molecule has 0 fully saturated rings. The maximum absolute atomic E-state index is 12.7. The molecule has 0 heterocycles. The van der Waals surface area contributed by atoms with E-state index < -0.39 is 24.9 Å². The van der Waals surface area contributed by atoms with Gasteiger partial charge < -0.3 is 5.11 Å². The summed E-state index contributed by atoms with van der Waals surface area (Å²) in [6, 6.07) is 9.63. The van der Waals surface area contributed by atoms with Crippen molar-refractivity contribution >= 4 is 0 Å². The highest BCUT2D eigenvalue weighted by atomic mass is 19.1. The van der Waals surface area contributed by atoms with Crippen LogP contribution in [0, 0.1) is 11.3 Å². The Morgan fingerprint density at radius 3 is 2.29 bits per heavy atom. The molecule has 2 N–H and O–H groups in total. The monoisotopic (exact) mass is 240 g/mol. The van der Waals surface area contributed by atoms with Crippen LogP contribution in [-0.4, -0.2) is 30.6 Å². The van der Waals surface area contributed by atoms with E-state index in [0.29, 0.717) is 5.56 Å². The van der Waals surface area contributed by atoms with Crippen LogP contribution < -0.4 is 5.32 Å². The van der Waals surface area contributed by atoms with E-state index in [4.69, 9.17) is 5.26 Å². The van der Waals surface area contributed by atoms with Crippen LogP contribution in [0.5, 0.6) is 0 Å². The van der Waals surface area contributed by atoms with Crippen molar-refractivity contribution in [1.29, 1.82) is 5.26 Å². The summed E-state index contributed by atoms with van der Waals surface area (Å²) in [5, 5.41) is 20.5. The first-order valence-corrected chi connectivity index (χ1v) is 5.18. The first kappa shape index (κ1) is 13.6. The highest BCUT2D eigenvalue weighted by Gasteiger charge is 2.33. The molecule has 1 rings (SSSR count). The van der Waals surface area contributed by atoms with Gasteiger partial charge in [0.1, 0.15) is 13.3 Å². The number of alkyl halides is 2. The first-order valence-electron chi connectivity index (χ1n) is 5.18. The minimum atomic E-state index is -1.89. The Balaban J connectivity index is 2.87. The third kappa shape index (κ3) is 3.22. The zero-order valence-corrected chi connectivity index (χ0v) is 9.24. The standard InChI is InChI=1S/C12H14F2N2O/c13-7-12(8-14,9-15)16-11(6-17)10-4-2-1-3-5-10/h1-5,11,16-17H,6-8H2. The number of benzene rings is 1. The van der Waals surface area contributed by atoms with Crippen molar-refractivity contribution in [2.24, 2.45) is 0 Å². The molecule has 3 nitrogen and oxygen atoms in total. The predicted octanol–water partition coefficient (Wildman–Crippen LogP) is 1.51. The fraction of sp³-hybridized carbons (Fsp3) is 0.417. The summed E-state index contributed by atoms with van der Waals surface area (Å²) < 4.78 is 25.4. The van der Waals surface area contributed by atoms with E-state index in [1.807, 2.05) is 0 Å². The van der Waals surface area contributed by atoms with Crippen LogP contribution in [0.2, 0.25) is 0 Å². The van der Waals surface area contributed by atoms with Gasteiger partial charge in [-0.3, -0.25) is 5.32 Å². The van der Waals surface area contributed by atoms with Crippen LogP contribution in [0.1, 0.15) is 11.6 Å². The third-order valence-electron chi connectivity index (χ3n) is 2.51. The summed E-state index contributed by atoms with van der Waals surface area (Å²) >= 11 is 0. The Morgan fingerprint density at radius 1 is 1.29 bits per heavy atom. The zero-order chi connectivity index (χ0) is 12.7. The largest absolute Gasteiger partial charge is 0.394 e. The van der Waals surface area contributed by atoms with Gasteiger partial charge in [-0.2, -0.15) is 5.26 Å². The Bertz CT molecular complexity index is 374. The molecule has 0 aliphatic carbocycles. The van der Waals surface area contributed by atoms with E-state index in [1.54, 1.807) is 36.4 Å². The second-order valence-corrected chi connectivity index (χ2v) is 3.75. The van der Waals surface area contributed by atoms with Crippen molar-refractivity contribution < 1.29 is 13.9 Å². The van der Waals surface area contributed by atoms with Gasteiger partial charge in [-0.25, -0.2) is 8.78 Å². The van der Waals surface area contributed by atoms with Crippen LogP contribution in [0.3, 0.4) is 0 Å². The molecule has 0 bridgehead atoms. The molecule has 1 aromatic carbocycles. The highest BCUT2D eigenvalue weighted by Crippen LogP contribution is 2.17. The van der Waals surface area contributed by atoms with E-state index in [2.05, 4.69) is 5.32 Å². The summed E-state index contributed by atoms with van der Waals surface area (Å²) in [6.45, 7) is -2.64. The highest BCUT2D eigenvalue weighted by molar-refractivity contribution is 5.21. The topological polar surface area (TPSA) is 56.0 Å². The molecule has 0 saturated heterocycles. The second-order valence-electron chi connectivity index (χ2n) is 3.75. The van der Waals surface area contributed by atoms with E-state index in [9.17, 15) is 13.9 Å². The third-order valence-corrected chi connectivity index (χ3v) is 2.51. The number of aliphatic hydroxyl groups is 1. The van der Waals surface area contributed by atoms with Gasteiger partial charge >= 0.3 is 0 Å². The summed E-state index contributed by atoms with van der Waals surface area (Å²) in [6.07, 6.45) is 0. The average molecular weight is 240 g/mol. The van der Waals surface area contributed by atoms with Crippen LogP contribution in [-0.2, 0) is 0 Å². The van der Waals surface area contributed by atoms with Gasteiger partial charge in [-0.1, -0.05) is 30.3 Å². The molecule has 0 aliphatic heterocycles. The zero-order valence-electron chi connectivity index (χ0n) is 9.24. The Labute approximate surface area is 98.7 Å². The van der Waals surface area contributed by atoms with Crippen LogP contribution in [0.4, 0.5) is 8.78 Å². The molecule has 0 amide bonds. The molecular weight excluding hydrogens is 226 g/mol. The molecule has 0 aliphatic rings. The van der Waals surface area contributed by atoms with E-state index in [0.717, 1.165) is 0 Å². The van der Waals surface area contributed by atoms with Crippen LogP contribution in [0.15, 0.2) is 30.3 Å². The number of halogens is 2. The molecule has 17 heavy (non-hydrogen) atoms. The van der Waals surface area contributed by atoms with Gasteiger partial charge in [0.25, 0.3) is 0 Å². The van der Waals surface area contributed by atoms with Crippen molar-refractivity contribution in [2.45, 2.75) is 11.6 Å². The second kappa shape index (κ2) is 6.28. The number of aliphatic hydroxyl groups excluding tert-OH is 1. The molecule has 0 spiro atoms. The molecule has 5 heteroatoms. The number of nitrogens with zero attached hydrogens (tertiary/aromatic N) is 1. The fourth-order valence-corrected chi connectivity index (χ4v) is 1.46. The maximum Gasteiger partial charge on any atom is 0.164 e. The van der Waals surface area contributed by atoms with E-state index in [-0.39, 0.29) is 6.61 Å². The molecule has 0 radical (unpaired) electrons. The lowest BCUT2D eigenvalue weighted by Gasteiger charge is -2.27.